The molecule has 8 heteroatoms. The third-order valence-corrected chi connectivity index (χ3v) is 5.91. The highest BCUT2D eigenvalue weighted by Gasteiger charge is 2.25. The van der Waals surface area contributed by atoms with Crippen molar-refractivity contribution in [1.29, 1.82) is 5.26 Å². The summed E-state index contributed by atoms with van der Waals surface area (Å²) in [5, 5.41) is 10.4. The first-order valence-electron chi connectivity index (χ1n) is 8.19. The van der Waals surface area contributed by atoms with E-state index in [2.05, 4.69) is 4.98 Å². The highest BCUT2D eigenvalue weighted by molar-refractivity contribution is 7.95. The molecule has 0 aliphatic heterocycles. The maximum Gasteiger partial charge on any atom is 0.216 e. The molecule has 0 unspecified atom stereocenters. The summed E-state index contributed by atoms with van der Waals surface area (Å²) in [6, 6.07) is 11.6. The van der Waals surface area contributed by atoms with Crippen LogP contribution in [0.25, 0.3) is 17.0 Å². The van der Waals surface area contributed by atoms with Crippen molar-refractivity contribution in [2.45, 2.75) is 4.90 Å². The Kier molecular flexibility index (Phi) is 5.29. The third-order valence-electron chi connectivity index (χ3n) is 4.26. The fourth-order valence-electron chi connectivity index (χ4n) is 2.89. The molecular formula is C20H18N2O5S. The molecule has 144 valence electrons. The number of hydrogen-bond donors (Lipinski definition) is 1. The number of allylic oxidation sites excluding steroid dienone is 1. The maximum atomic E-state index is 13.1. The van der Waals surface area contributed by atoms with Gasteiger partial charge in [0.2, 0.25) is 15.6 Å². The van der Waals surface area contributed by atoms with E-state index in [-0.39, 0.29) is 22.1 Å². The van der Waals surface area contributed by atoms with E-state index in [0.717, 1.165) is 10.9 Å². The number of H-pyrrole nitrogens is 1. The predicted octanol–water partition coefficient (Wildman–Crippen LogP) is 3.53. The Morgan fingerprint density at radius 1 is 1.07 bits per heavy atom. The lowest BCUT2D eigenvalue weighted by atomic mass is 10.1. The van der Waals surface area contributed by atoms with Crippen molar-refractivity contribution in [3.63, 3.8) is 0 Å². The highest BCUT2D eigenvalue weighted by Crippen LogP contribution is 2.40. The van der Waals surface area contributed by atoms with Crippen molar-refractivity contribution in [1.82, 2.24) is 4.98 Å². The monoisotopic (exact) mass is 398 g/mol. The molecule has 0 saturated carbocycles. The van der Waals surface area contributed by atoms with Gasteiger partial charge in [0.05, 0.1) is 26.2 Å². The lowest BCUT2D eigenvalue weighted by Crippen LogP contribution is -2.06. The molecule has 1 N–H and O–H groups in total. The van der Waals surface area contributed by atoms with Crippen LogP contribution in [0.5, 0.6) is 17.2 Å². The molecule has 1 aromatic heterocycles. The molecule has 0 saturated heterocycles. The Bertz CT molecular complexity index is 1180. The minimum Gasteiger partial charge on any atom is -0.493 e. The van der Waals surface area contributed by atoms with Gasteiger partial charge in [0, 0.05) is 29.2 Å². The summed E-state index contributed by atoms with van der Waals surface area (Å²) in [4.78, 5) is 2.53. The van der Waals surface area contributed by atoms with Gasteiger partial charge < -0.3 is 19.2 Å². The SMILES string of the molecule is COc1cc(S(=O)(=O)/C(C#N)=C/c2cccc3[nH]ccc23)cc(OC)c1OC. The molecule has 0 amide bonds. The lowest BCUT2D eigenvalue weighted by molar-refractivity contribution is 0.323. The number of nitrogens with one attached hydrogen (secondary N) is 1. The van der Waals surface area contributed by atoms with Crippen LogP contribution in [0.2, 0.25) is 0 Å². The average Bonchev–Trinajstić information content (AvgIpc) is 3.20. The van der Waals surface area contributed by atoms with Crippen LogP contribution in [-0.2, 0) is 9.84 Å². The second-order valence-electron chi connectivity index (χ2n) is 5.77. The second-order valence-corrected chi connectivity index (χ2v) is 7.69. The molecule has 3 rings (SSSR count). The molecule has 0 spiro atoms. The highest BCUT2D eigenvalue weighted by atomic mass is 32.2. The van der Waals surface area contributed by atoms with Gasteiger partial charge in [-0.15, -0.1) is 0 Å². The standard InChI is InChI=1S/C20H18N2O5S/c1-25-18-10-14(11-19(26-2)20(18)27-3)28(23,24)15(12-21)9-13-5-4-6-17-16(13)7-8-22-17/h4-11,22H,1-3H3/b15-9+. The number of benzene rings is 2. The minimum atomic E-state index is -4.12. The van der Waals surface area contributed by atoms with Crippen LogP contribution in [0.3, 0.4) is 0 Å². The van der Waals surface area contributed by atoms with Gasteiger partial charge in [-0.05, 0) is 23.8 Å². The number of rotatable bonds is 6. The molecule has 1 heterocycles. The molecular weight excluding hydrogens is 380 g/mol. The largest absolute Gasteiger partial charge is 0.493 e. The number of fused-ring (bicyclic) bond motifs is 1. The molecule has 7 nitrogen and oxygen atoms in total. The summed E-state index contributed by atoms with van der Waals surface area (Å²) in [5.41, 5.74) is 1.46. The number of ether oxygens (including phenoxy) is 3. The molecule has 3 aromatic rings. The molecule has 2 aromatic carbocycles. The van der Waals surface area contributed by atoms with Gasteiger partial charge in [-0.25, -0.2) is 8.42 Å². The molecule has 0 bridgehead atoms. The van der Waals surface area contributed by atoms with E-state index in [4.69, 9.17) is 14.2 Å². The topological polar surface area (TPSA) is 101 Å². The zero-order valence-electron chi connectivity index (χ0n) is 15.5. The molecule has 0 atom stereocenters. The Morgan fingerprint density at radius 2 is 1.75 bits per heavy atom. The van der Waals surface area contributed by atoms with Gasteiger partial charge in [0.25, 0.3) is 0 Å². The van der Waals surface area contributed by atoms with Crippen LogP contribution in [0, 0.1) is 11.3 Å². The number of aromatic amines is 1. The number of sulfone groups is 1. The molecule has 28 heavy (non-hydrogen) atoms. The quantitative estimate of drug-likeness (QED) is 0.638. The fraction of sp³-hybridized carbons (Fsp3) is 0.150. The second kappa shape index (κ2) is 7.66. The number of aromatic nitrogens is 1. The minimum absolute atomic E-state index is 0.129. The summed E-state index contributed by atoms with van der Waals surface area (Å²) in [6.07, 6.45) is 3.11. The van der Waals surface area contributed by atoms with Crippen molar-refractivity contribution in [2.24, 2.45) is 0 Å². The number of hydrogen-bond acceptors (Lipinski definition) is 6. The van der Waals surface area contributed by atoms with Crippen LogP contribution in [0.4, 0.5) is 0 Å². The van der Waals surface area contributed by atoms with Crippen LogP contribution >= 0.6 is 0 Å². The van der Waals surface area contributed by atoms with Gasteiger partial charge in [-0.3, -0.25) is 0 Å². The zero-order chi connectivity index (χ0) is 20.3. The van der Waals surface area contributed by atoms with E-state index < -0.39 is 14.7 Å². The molecule has 0 aliphatic carbocycles. The van der Waals surface area contributed by atoms with Gasteiger partial charge in [0.1, 0.15) is 11.0 Å². The summed E-state index contributed by atoms with van der Waals surface area (Å²) < 4.78 is 41.9. The molecule has 0 radical (unpaired) electrons. The predicted molar refractivity (Wildman–Crippen MR) is 105 cm³/mol. The van der Waals surface area contributed by atoms with Gasteiger partial charge in [0.15, 0.2) is 11.5 Å². The van der Waals surface area contributed by atoms with Crippen molar-refractivity contribution in [3.8, 4) is 23.3 Å². The van der Waals surface area contributed by atoms with Crippen molar-refractivity contribution in [3.05, 3.63) is 53.1 Å². The summed E-state index contributed by atoms with van der Waals surface area (Å²) >= 11 is 0. The number of nitrogens with zero attached hydrogens (tertiary/aromatic N) is 1. The third kappa shape index (κ3) is 3.28. The Hall–Kier alpha value is -3.44. The van der Waals surface area contributed by atoms with E-state index >= 15 is 0 Å². The lowest BCUT2D eigenvalue weighted by Gasteiger charge is -2.14. The Morgan fingerprint density at radius 3 is 2.32 bits per heavy atom. The summed E-state index contributed by atoms with van der Waals surface area (Å²) in [7, 11) is 0.0868. The van der Waals surface area contributed by atoms with E-state index in [0.29, 0.717) is 5.56 Å². The van der Waals surface area contributed by atoms with E-state index in [9.17, 15) is 13.7 Å². The van der Waals surface area contributed by atoms with Crippen molar-refractivity contribution >= 4 is 26.8 Å². The Balaban J connectivity index is 2.18. The fourth-order valence-corrected chi connectivity index (χ4v) is 4.07. The summed E-state index contributed by atoms with van der Waals surface area (Å²) in [6.45, 7) is 0. The van der Waals surface area contributed by atoms with Crippen molar-refractivity contribution < 1.29 is 22.6 Å². The molecule has 0 fully saturated rings. The smallest absolute Gasteiger partial charge is 0.216 e. The average molecular weight is 398 g/mol. The number of nitriles is 1. The van der Waals surface area contributed by atoms with Crippen LogP contribution in [0.1, 0.15) is 5.56 Å². The number of methoxy groups -OCH3 is 3. The first-order chi connectivity index (χ1) is 13.5. The van der Waals surface area contributed by atoms with Gasteiger partial charge >= 0.3 is 0 Å². The van der Waals surface area contributed by atoms with Crippen LogP contribution in [-0.4, -0.2) is 34.7 Å². The summed E-state index contributed by atoms with van der Waals surface area (Å²) in [5.74, 6) is 0.638. The van der Waals surface area contributed by atoms with E-state index in [1.807, 2.05) is 12.1 Å². The van der Waals surface area contributed by atoms with E-state index in [1.54, 1.807) is 24.4 Å². The van der Waals surface area contributed by atoms with Crippen molar-refractivity contribution in [2.75, 3.05) is 21.3 Å². The van der Waals surface area contributed by atoms with Crippen LogP contribution in [0.15, 0.2) is 52.4 Å². The Labute approximate surface area is 162 Å². The van der Waals surface area contributed by atoms with Gasteiger partial charge in [-0.2, -0.15) is 5.26 Å². The maximum absolute atomic E-state index is 13.1. The van der Waals surface area contributed by atoms with Crippen LogP contribution < -0.4 is 14.2 Å². The first kappa shape index (κ1) is 19.3. The zero-order valence-corrected chi connectivity index (χ0v) is 16.3. The van der Waals surface area contributed by atoms with E-state index in [1.165, 1.54) is 39.5 Å². The molecule has 0 aliphatic rings. The normalized spacial score (nSPS) is 11.9. The first-order valence-corrected chi connectivity index (χ1v) is 9.67. The van der Waals surface area contributed by atoms with Gasteiger partial charge in [-0.1, -0.05) is 12.1 Å².